The zero-order valence-corrected chi connectivity index (χ0v) is 11.1. The number of rotatable bonds is 4. The van der Waals surface area contributed by atoms with Crippen molar-refractivity contribution in [3.63, 3.8) is 0 Å². The number of amides is 1. The van der Waals surface area contributed by atoms with Crippen molar-refractivity contribution < 1.29 is 9.53 Å². The Hall–Kier alpha value is -0.320. The SMILES string of the molecule is CC(NC(=O)C(C)(C)CN)C1CCCO1.Cl. The Morgan fingerprint density at radius 1 is 1.62 bits per heavy atom. The summed E-state index contributed by atoms with van der Waals surface area (Å²) in [6, 6.07) is 0.0748. The van der Waals surface area contributed by atoms with Gasteiger partial charge in [0.2, 0.25) is 5.91 Å². The van der Waals surface area contributed by atoms with E-state index in [0.717, 1.165) is 19.4 Å². The Balaban J connectivity index is 0.00000225. The predicted molar refractivity (Wildman–Crippen MR) is 66.7 cm³/mol. The van der Waals surface area contributed by atoms with Gasteiger partial charge in [-0.1, -0.05) is 0 Å². The first kappa shape index (κ1) is 15.7. The lowest BCUT2D eigenvalue weighted by Crippen LogP contribution is -2.48. The average molecular weight is 251 g/mol. The zero-order valence-electron chi connectivity index (χ0n) is 10.3. The summed E-state index contributed by atoms with van der Waals surface area (Å²) in [4.78, 5) is 11.8. The highest BCUT2D eigenvalue weighted by atomic mass is 35.5. The molecule has 1 heterocycles. The summed E-state index contributed by atoms with van der Waals surface area (Å²) >= 11 is 0. The Kier molecular flexibility index (Phi) is 6.30. The van der Waals surface area contributed by atoms with Crippen LogP contribution in [0, 0.1) is 5.41 Å². The highest BCUT2D eigenvalue weighted by Crippen LogP contribution is 2.18. The van der Waals surface area contributed by atoms with Crippen LogP contribution in [0.1, 0.15) is 33.6 Å². The minimum Gasteiger partial charge on any atom is -0.376 e. The second kappa shape index (κ2) is 6.42. The Morgan fingerprint density at radius 3 is 2.69 bits per heavy atom. The maximum atomic E-state index is 11.8. The lowest BCUT2D eigenvalue weighted by molar-refractivity contribution is -0.130. The van der Waals surface area contributed by atoms with Crippen LogP contribution in [0.2, 0.25) is 0 Å². The topological polar surface area (TPSA) is 64.4 Å². The Morgan fingerprint density at radius 2 is 2.25 bits per heavy atom. The predicted octanol–water partition coefficient (Wildman–Crippen LogP) is 1.08. The van der Waals surface area contributed by atoms with E-state index in [4.69, 9.17) is 10.5 Å². The molecule has 0 radical (unpaired) electrons. The van der Waals surface area contributed by atoms with Crippen molar-refractivity contribution in [1.82, 2.24) is 5.32 Å². The third-order valence-electron chi connectivity index (χ3n) is 3.01. The van der Waals surface area contributed by atoms with Crippen LogP contribution < -0.4 is 11.1 Å². The second-order valence-corrected chi connectivity index (χ2v) is 4.90. The molecule has 3 N–H and O–H groups in total. The minimum absolute atomic E-state index is 0. The average Bonchev–Trinajstić information content (AvgIpc) is 2.70. The van der Waals surface area contributed by atoms with Crippen LogP contribution >= 0.6 is 12.4 Å². The lowest BCUT2D eigenvalue weighted by Gasteiger charge is -2.26. The smallest absolute Gasteiger partial charge is 0.227 e. The van der Waals surface area contributed by atoms with Crippen molar-refractivity contribution in [3.05, 3.63) is 0 Å². The summed E-state index contributed by atoms with van der Waals surface area (Å²) in [6.45, 7) is 6.86. The molecule has 0 aromatic heterocycles. The molecule has 96 valence electrons. The highest BCUT2D eigenvalue weighted by Gasteiger charge is 2.30. The number of ether oxygens (including phenoxy) is 1. The van der Waals surface area contributed by atoms with E-state index in [1.54, 1.807) is 0 Å². The van der Waals surface area contributed by atoms with Crippen molar-refractivity contribution in [1.29, 1.82) is 0 Å². The van der Waals surface area contributed by atoms with Crippen LogP contribution in [0.15, 0.2) is 0 Å². The molecule has 0 saturated carbocycles. The maximum absolute atomic E-state index is 11.8. The van der Waals surface area contributed by atoms with Crippen molar-refractivity contribution in [2.45, 2.75) is 45.8 Å². The molecule has 16 heavy (non-hydrogen) atoms. The van der Waals surface area contributed by atoms with Crippen molar-refractivity contribution in [3.8, 4) is 0 Å². The van der Waals surface area contributed by atoms with Gasteiger partial charge < -0.3 is 15.8 Å². The molecule has 1 aliphatic rings. The van der Waals surface area contributed by atoms with E-state index in [-0.39, 0.29) is 30.5 Å². The molecule has 1 amide bonds. The van der Waals surface area contributed by atoms with Gasteiger partial charge in [-0.3, -0.25) is 4.79 Å². The van der Waals surface area contributed by atoms with E-state index < -0.39 is 5.41 Å². The molecule has 2 atom stereocenters. The summed E-state index contributed by atoms with van der Waals surface area (Å²) < 4.78 is 5.52. The zero-order chi connectivity index (χ0) is 11.5. The molecule has 2 unspecified atom stereocenters. The fourth-order valence-electron chi connectivity index (χ4n) is 1.58. The van der Waals surface area contributed by atoms with Gasteiger partial charge in [0.25, 0.3) is 0 Å². The molecule has 0 aromatic rings. The van der Waals surface area contributed by atoms with E-state index >= 15 is 0 Å². The Bertz CT molecular complexity index is 228. The third kappa shape index (κ3) is 3.92. The van der Waals surface area contributed by atoms with E-state index in [2.05, 4.69) is 5.32 Å². The number of nitrogens with two attached hydrogens (primary N) is 1. The summed E-state index contributed by atoms with van der Waals surface area (Å²) in [5.41, 5.74) is 5.05. The first-order chi connectivity index (χ1) is 6.97. The monoisotopic (exact) mass is 250 g/mol. The van der Waals surface area contributed by atoms with Gasteiger partial charge in [-0.15, -0.1) is 12.4 Å². The van der Waals surface area contributed by atoms with Gasteiger partial charge in [-0.25, -0.2) is 0 Å². The number of hydrogen-bond donors (Lipinski definition) is 2. The van der Waals surface area contributed by atoms with E-state index in [0.29, 0.717) is 6.54 Å². The number of carbonyl (C=O) groups excluding carboxylic acids is 1. The first-order valence-corrected chi connectivity index (χ1v) is 5.60. The van der Waals surface area contributed by atoms with Crippen LogP contribution in [-0.4, -0.2) is 31.2 Å². The first-order valence-electron chi connectivity index (χ1n) is 5.60. The number of halogens is 1. The Labute approximate surface area is 104 Å². The minimum atomic E-state index is -0.493. The molecule has 1 rings (SSSR count). The van der Waals surface area contributed by atoms with E-state index in [9.17, 15) is 4.79 Å². The molecule has 1 aliphatic heterocycles. The number of hydrogen-bond acceptors (Lipinski definition) is 3. The molecule has 1 fully saturated rings. The van der Waals surface area contributed by atoms with Crippen molar-refractivity contribution in [2.24, 2.45) is 11.1 Å². The van der Waals surface area contributed by atoms with Gasteiger partial charge in [-0.05, 0) is 33.6 Å². The molecule has 0 aromatic carbocycles. The van der Waals surface area contributed by atoms with Gasteiger partial charge in [0.1, 0.15) is 0 Å². The quantitative estimate of drug-likeness (QED) is 0.785. The molecule has 0 aliphatic carbocycles. The van der Waals surface area contributed by atoms with Crippen molar-refractivity contribution >= 4 is 18.3 Å². The highest BCUT2D eigenvalue weighted by molar-refractivity contribution is 5.85. The van der Waals surface area contributed by atoms with Gasteiger partial charge in [-0.2, -0.15) is 0 Å². The van der Waals surface area contributed by atoms with Gasteiger partial charge in [0.15, 0.2) is 0 Å². The molecular weight excluding hydrogens is 228 g/mol. The molecule has 4 nitrogen and oxygen atoms in total. The fraction of sp³-hybridized carbons (Fsp3) is 0.909. The molecule has 0 spiro atoms. The number of nitrogens with one attached hydrogen (secondary N) is 1. The van der Waals surface area contributed by atoms with E-state index in [1.807, 2.05) is 20.8 Å². The molecular formula is C11H23ClN2O2. The summed E-state index contributed by atoms with van der Waals surface area (Å²) in [6.07, 6.45) is 2.29. The lowest BCUT2D eigenvalue weighted by atomic mass is 9.92. The van der Waals surface area contributed by atoms with Gasteiger partial charge in [0.05, 0.1) is 17.6 Å². The maximum Gasteiger partial charge on any atom is 0.227 e. The number of carbonyl (C=O) groups is 1. The van der Waals surface area contributed by atoms with E-state index in [1.165, 1.54) is 0 Å². The molecule has 0 bridgehead atoms. The van der Waals surface area contributed by atoms with Crippen LogP contribution in [0.25, 0.3) is 0 Å². The van der Waals surface area contributed by atoms with Crippen LogP contribution in [0.3, 0.4) is 0 Å². The summed E-state index contributed by atoms with van der Waals surface area (Å²) in [7, 11) is 0. The third-order valence-corrected chi connectivity index (χ3v) is 3.01. The standard InChI is InChI=1S/C11H22N2O2.ClH/c1-8(9-5-4-6-15-9)13-10(14)11(2,3)7-12;/h8-9H,4-7,12H2,1-3H3,(H,13,14);1H. The second-order valence-electron chi connectivity index (χ2n) is 4.90. The summed E-state index contributed by atoms with van der Waals surface area (Å²) in [5, 5.41) is 2.97. The fourth-order valence-corrected chi connectivity index (χ4v) is 1.58. The summed E-state index contributed by atoms with van der Waals surface area (Å²) in [5.74, 6) is 0.00741. The van der Waals surface area contributed by atoms with Crippen molar-refractivity contribution in [2.75, 3.05) is 13.2 Å². The van der Waals surface area contributed by atoms with Gasteiger partial charge >= 0.3 is 0 Å². The van der Waals surface area contributed by atoms with Crippen LogP contribution in [0.4, 0.5) is 0 Å². The van der Waals surface area contributed by atoms with Gasteiger partial charge in [0, 0.05) is 13.2 Å². The van der Waals surface area contributed by atoms with Crippen LogP contribution in [0.5, 0.6) is 0 Å². The molecule has 5 heteroatoms. The van der Waals surface area contributed by atoms with Crippen LogP contribution in [-0.2, 0) is 9.53 Å². The molecule has 1 saturated heterocycles. The normalized spacial score (nSPS) is 22.4. The largest absolute Gasteiger partial charge is 0.376 e.